The van der Waals surface area contributed by atoms with Gasteiger partial charge in [0.2, 0.25) is 5.91 Å². The number of nitrogens with one attached hydrogen (secondary N) is 1. The minimum Gasteiger partial charge on any atom is -0.350 e. The predicted molar refractivity (Wildman–Crippen MR) is 103 cm³/mol. The van der Waals surface area contributed by atoms with Gasteiger partial charge < -0.3 is 9.88 Å². The molecule has 0 bridgehead atoms. The molecule has 2 aromatic heterocycles. The first kappa shape index (κ1) is 17.7. The smallest absolute Gasteiger partial charge is 0.329 e. The Hall–Kier alpha value is -3.68. The van der Waals surface area contributed by atoms with Crippen LogP contribution in [0.15, 0.2) is 66.0 Å². The van der Waals surface area contributed by atoms with Gasteiger partial charge in [0.05, 0.1) is 23.0 Å². The lowest BCUT2D eigenvalue weighted by molar-refractivity contribution is -0.121. The minimum absolute atomic E-state index is 0.101. The summed E-state index contributed by atoms with van der Waals surface area (Å²) in [6.45, 7) is 0.0647. The Kier molecular flexibility index (Phi) is 4.52. The van der Waals surface area contributed by atoms with Crippen molar-refractivity contribution in [2.75, 3.05) is 0 Å². The fourth-order valence-corrected chi connectivity index (χ4v) is 3.19. The number of fused-ring (bicyclic) bond motifs is 1. The van der Waals surface area contributed by atoms with Crippen LogP contribution in [0.5, 0.6) is 0 Å². The molecule has 0 unspecified atom stereocenters. The van der Waals surface area contributed by atoms with Gasteiger partial charge in [-0.1, -0.05) is 18.2 Å². The zero-order chi connectivity index (χ0) is 19.7. The Morgan fingerprint density at radius 3 is 2.68 bits per heavy atom. The predicted octanol–water partition coefficient (Wildman–Crippen LogP) is 1.98. The molecule has 7 nitrogen and oxygen atoms in total. The lowest BCUT2D eigenvalue weighted by Crippen LogP contribution is -2.32. The van der Waals surface area contributed by atoms with E-state index in [1.807, 2.05) is 18.2 Å². The fourth-order valence-electron chi connectivity index (χ4n) is 3.19. The summed E-state index contributed by atoms with van der Waals surface area (Å²) in [5.41, 5.74) is 2.21. The van der Waals surface area contributed by atoms with Gasteiger partial charge in [-0.3, -0.25) is 13.9 Å². The third-order valence-electron chi connectivity index (χ3n) is 4.64. The first-order chi connectivity index (χ1) is 13.5. The summed E-state index contributed by atoms with van der Waals surface area (Å²) in [4.78, 5) is 28.6. The molecule has 0 aliphatic rings. The Morgan fingerprint density at radius 2 is 1.96 bits per heavy atom. The Labute approximate surface area is 159 Å². The van der Waals surface area contributed by atoms with Crippen molar-refractivity contribution in [3.63, 3.8) is 0 Å². The molecule has 8 heteroatoms. The Bertz CT molecular complexity index is 1210. The van der Waals surface area contributed by atoms with E-state index >= 15 is 0 Å². The van der Waals surface area contributed by atoms with E-state index in [4.69, 9.17) is 0 Å². The summed E-state index contributed by atoms with van der Waals surface area (Å²) in [6.07, 6.45) is 4.74. The van der Waals surface area contributed by atoms with Crippen LogP contribution < -0.4 is 11.0 Å². The number of hydrogen-bond donors (Lipinski definition) is 1. The van der Waals surface area contributed by atoms with E-state index in [0.717, 1.165) is 5.52 Å². The topological polar surface area (TPSA) is 73.8 Å². The van der Waals surface area contributed by atoms with Gasteiger partial charge in [-0.15, -0.1) is 0 Å². The van der Waals surface area contributed by atoms with Crippen molar-refractivity contribution in [2.24, 2.45) is 7.05 Å². The molecule has 0 spiro atoms. The van der Waals surface area contributed by atoms with Gasteiger partial charge in [0.25, 0.3) is 0 Å². The molecule has 142 valence electrons. The molecular formula is C20H18FN5O2. The van der Waals surface area contributed by atoms with Gasteiger partial charge in [-0.05, 0) is 29.8 Å². The molecule has 4 rings (SSSR count). The van der Waals surface area contributed by atoms with E-state index in [9.17, 15) is 14.0 Å². The largest absolute Gasteiger partial charge is 0.350 e. The summed E-state index contributed by atoms with van der Waals surface area (Å²) in [6, 6.07) is 12.0. The molecule has 0 radical (unpaired) electrons. The monoisotopic (exact) mass is 379 g/mol. The zero-order valence-corrected chi connectivity index (χ0v) is 15.2. The maximum absolute atomic E-state index is 14.3. The van der Waals surface area contributed by atoms with E-state index in [-0.39, 0.29) is 24.7 Å². The van der Waals surface area contributed by atoms with E-state index in [1.165, 1.54) is 21.5 Å². The van der Waals surface area contributed by atoms with Crippen LogP contribution in [0.4, 0.5) is 4.39 Å². The van der Waals surface area contributed by atoms with Crippen molar-refractivity contribution in [1.29, 1.82) is 0 Å². The number of carbonyl (C=O) groups excluding carboxylic acids is 1. The van der Waals surface area contributed by atoms with Gasteiger partial charge in [-0.2, -0.15) is 0 Å². The summed E-state index contributed by atoms with van der Waals surface area (Å²) in [7, 11) is 1.67. The summed E-state index contributed by atoms with van der Waals surface area (Å²) in [5, 5.41) is 2.74. The number of hydrogen-bond acceptors (Lipinski definition) is 3. The van der Waals surface area contributed by atoms with Crippen molar-refractivity contribution in [3.8, 4) is 5.69 Å². The number of benzene rings is 2. The summed E-state index contributed by atoms with van der Waals surface area (Å²) in [5.74, 6) is -0.729. The third-order valence-corrected chi connectivity index (χ3v) is 4.64. The number of para-hydroxylation sites is 2. The fraction of sp³-hybridized carbons (Fsp3) is 0.150. The lowest BCUT2D eigenvalue weighted by Gasteiger charge is -2.09. The van der Waals surface area contributed by atoms with Crippen molar-refractivity contribution < 1.29 is 9.18 Å². The lowest BCUT2D eigenvalue weighted by atomic mass is 10.2. The highest BCUT2D eigenvalue weighted by atomic mass is 19.1. The molecule has 1 amide bonds. The molecular weight excluding hydrogens is 361 g/mol. The van der Waals surface area contributed by atoms with Crippen LogP contribution >= 0.6 is 0 Å². The SMILES string of the molecule is Cn1c(=O)n(CC(=O)NCc2ccc(-n3ccnc3)c(F)c2)c2ccccc21. The van der Waals surface area contributed by atoms with E-state index in [2.05, 4.69) is 10.3 Å². The number of aryl methyl sites for hydroxylation is 1. The highest BCUT2D eigenvalue weighted by molar-refractivity contribution is 5.80. The van der Waals surface area contributed by atoms with Crippen LogP contribution in [0.2, 0.25) is 0 Å². The summed E-state index contributed by atoms with van der Waals surface area (Å²) >= 11 is 0. The zero-order valence-electron chi connectivity index (χ0n) is 15.2. The average Bonchev–Trinajstić information content (AvgIpc) is 3.31. The number of amides is 1. The van der Waals surface area contributed by atoms with Gasteiger partial charge >= 0.3 is 5.69 Å². The molecule has 4 aromatic rings. The Morgan fingerprint density at radius 1 is 1.18 bits per heavy atom. The number of halogens is 1. The van der Waals surface area contributed by atoms with E-state index < -0.39 is 5.82 Å². The van der Waals surface area contributed by atoms with Crippen LogP contribution in [0, 0.1) is 5.82 Å². The van der Waals surface area contributed by atoms with Crippen LogP contribution in [-0.4, -0.2) is 24.6 Å². The van der Waals surface area contributed by atoms with E-state index in [1.54, 1.807) is 42.2 Å². The van der Waals surface area contributed by atoms with Crippen LogP contribution in [0.1, 0.15) is 5.56 Å². The van der Waals surface area contributed by atoms with Crippen LogP contribution in [0.3, 0.4) is 0 Å². The number of nitrogens with zero attached hydrogens (tertiary/aromatic N) is 4. The molecule has 0 atom stereocenters. The molecule has 2 aromatic carbocycles. The molecule has 28 heavy (non-hydrogen) atoms. The Balaban J connectivity index is 1.46. The minimum atomic E-state index is -0.407. The van der Waals surface area contributed by atoms with Crippen molar-refractivity contribution in [3.05, 3.63) is 83.1 Å². The number of imidazole rings is 2. The molecule has 0 fully saturated rings. The first-order valence-corrected chi connectivity index (χ1v) is 8.72. The summed E-state index contributed by atoms with van der Waals surface area (Å²) < 4.78 is 18.8. The normalized spacial score (nSPS) is 11.1. The van der Waals surface area contributed by atoms with Gasteiger partial charge in [0, 0.05) is 26.0 Å². The maximum atomic E-state index is 14.3. The van der Waals surface area contributed by atoms with Crippen LogP contribution in [-0.2, 0) is 24.9 Å². The number of rotatable bonds is 5. The van der Waals surface area contributed by atoms with Crippen LogP contribution in [0.25, 0.3) is 16.7 Å². The molecule has 1 N–H and O–H groups in total. The number of carbonyl (C=O) groups is 1. The average molecular weight is 379 g/mol. The first-order valence-electron chi connectivity index (χ1n) is 8.72. The highest BCUT2D eigenvalue weighted by Crippen LogP contribution is 2.15. The molecule has 2 heterocycles. The second-order valence-electron chi connectivity index (χ2n) is 6.45. The molecule has 0 aliphatic carbocycles. The number of aromatic nitrogens is 4. The second-order valence-corrected chi connectivity index (χ2v) is 6.45. The van der Waals surface area contributed by atoms with Crippen molar-refractivity contribution >= 4 is 16.9 Å². The molecule has 0 aliphatic heterocycles. The quantitative estimate of drug-likeness (QED) is 0.576. The third kappa shape index (κ3) is 3.20. The van der Waals surface area contributed by atoms with Crippen molar-refractivity contribution in [2.45, 2.75) is 13.1 Å². The maximum Gasteiger partial charge on any atom is 0.329 e. The second kappa shape index (κ2) is 7.15. The highest BCUT2D eigenvalue weighted by Gasteiger charge is 2.13. The van der Waals surface area contributed by atoms with Gasteiger partial charge in [-0.25, -0.2) is 14.2 Å². The van der Waals surface area contributed by atoms with E-state index in [0.29, 0.717) is 16.8 Å². The standard InChI is InChI=1S/C20H18FN5O2/c1-24-17-4-2-3-5-18(17)26(20(24)28)12-19(27)23-11-14-6-7-16(15(21)10-14)25-9-8-22-13-25/h2-10,13H,11-12H2,1H3,(H,23,27). The van der Waals surface area contributed by atoms with Gasteiger partial charge in [0.15, 0.2) is 0 Å². The van der Waals surface area contributed by atoms with Gasteiger partial charge in [0.1, 0.15) is 12.4 Å². The molecule has 0 saturated heterocycles. The molecule has 0 saturated carbocycles. The van der Waals surface area contributed by atoms with Crippen molar-refractivity contribution in [1.82, 2.24) is 24.0 Å².